The van der Waals surface area contributed by atoms with Crippen molar-refractivity contribution in [3.63, 3.8) is 0 Å². The molecule has 1 aliphatic rings. The minimum atomic E-state index is -2.91. The van der Waals surface area contributed by atoms with E-state index >= 15 is 0 Å². The molecule has 0 radical (unpaired) electrons. The van der Waals surface area contributed by atoms with Crippen molar-refractivity contribution in [2.45, 2.75) is 51.6 Å². The van der Waals surface area contributed by atoms with Gasteiger partial charge in [-0.15, -0.1) is 0 Å². The van der Waals surface area contributed by atoms with Gasteiger partial charge in [-0.2, -0.15) is 0 Å². The number of hydrogen-bond donors (Lipinski definition) is 1. The van der Waals surface area contributed by atoms with E-state index in [1.54, 1.807) is 20.8 Å². The zero-order valence-corrected chi connectivity index (χ0v) is 11.8. The van der Waals surface area contributed by atoms with E-state index in [2.05, 4.69) is 0 Å². The average molecular weight is 279 g/mol. The average Bonchev–Trinajstić information content (AvgIpc) is 2.24. The summed E-state index contributed by atoms with van der Waals surface area (Å²) in [4.78, 5) is 12.8. The van der Waals surface area contributed by atoms with Crippen LogP contribution in [0.5, 0.6) is 0 Å². The van der Waals surface area contributed by atoms with Crippen LogP contribution < -0.4 is 0 Å². The Morgan fingerprint density at radius 1 is 1.47 bits per heavy atom. The van der Waals surface area contributed by atoms with E-state index in [4.69, 9.17) is 9.84 Å². The Bertz CT molecular complexity index is 316. The van der Waals surface area contributed by atoms with Crippen molar-refractivity contribution >= 4 is 6.09 Å². The molecule has 0 aromatic heterocycles. The van der Waals surface area contributed by atoms with Crippen molar-refractivity contribution in [2.75, 3.05) is 19.7 Å². The number of aliphatic hydroxyl groups is 1. The van der Waals surface area contributed by atoms with Crippen LogP contribution in [-0.4, -0.2) is 47.3 Å². The van der Waals surface area contributed by atoms with Gasteiger partial charge in [-0.05, 0) is 40.0 Å². The van der Waals surface area contributed by atoms with E-state index in [1.807, 2.05) is 0 Å². The molecule has 1 amide bonds. The molecule has 6 heteroatoms. The van der Waals surface area contributed by atoms with Crippen molar-refractivity contribution < 1.29 is 23.4 Å². The van der Waals surface area contributed by atoms with Crippen LogP contribution in [0.1, 0.15) is 40.0 Å². The monoisotopic (exact) mass is 279 g/mol. The first-order valence-corrected chi connectivity index (χ1v) is 6.62. The minimum absolute atomic E-state index is 0.0810. The smallest absolute Gasteiger partial charge is 0.410 e. The van der Waals surface area contributed by atoms with Gasteiger partial charge in [0.2, 0.25) is 0 Å². The number of alkyl halides is 2. The highest BCUT2D eigenvalue weighted by molar-refractivity contribution is 5.68. The molecule has 1 saturated heterocycles. The SMILES string of the molecule is CC(C)(C)OC(=O)N1CCC(CCCO)C(F)(F)C1. The Labute approximate surface area is 112 Å². The lowest BCUT2D eigenvalue weighted by Crippen LogP contribution is -2.51. The highest BCUT2D eigenvalue weighted by atomic mass is 19.3. The second-order valence-electron chi connectivity index (χ2n) is 6.01. The van der Waals surface area contributed by atoms with Crippen molar-refractivity contribution in [2.24, 2.45) is 5.92 Å². The Morgan fingerprint density at radius 2 is 2.11 bits per heavy atom. The molecular weight excluding hydrogens is 256 g/mol. The van der Waals surface area contributed by atoms with Crippen LogP contribution in [0.15, 0.2) is 0 Å². The Morgan fingerprint density at radius 3 is 2.58 bits per heavy atom. The normalized spacial score (nSPS) is 23.3. The fourth-order valence-electron chi connectivity index (χ4n) is 2.16. The molecule has 112 valence electrons. The highest BCUT2D eigenvalue weighted by Gasteiger charge is 2.45. The van der Waals surface area contributed by atoms with E-state index in [0.29, 0.717) is 6.42 Å². The third-order valence-electron chi connectivity index (χ3n) is 3.11. The van der Waals surface area contributed by atoms with E-state index in [0.717, 1.165) is 4.90 Å². The molecule has 1 N–H and O–H groups in total. The quantitative estimate of drug-likeness (QED) is 0.864. The van der Waals surface area contributed by atoms with Gasteiger partial charge < -0.3 is 14.7 Å². The number of carbonyl (C=O) groups excluding carboxylic acids is 1. The largest absolute Gasteiger partial charge is 0.444 e. The predicted molar refractivity (Wildman–Crippen MR) is 67.2 cm³/mol. The summed E-state index contributed by atoms with van der Waals surface area (Å²) in [6.45, 7) is 4.71. The second-order valence-corrected chi connectivity index (χ2v) is 6.01. The Kier molecular flexibility index (Phi) is 5.12. The maximum Gasteiger partial charge on any atom is 0.410 e. The lowest BCUT2D eigenvalue weighted by atomic mass is 9.89. The van der Waals surface area contributed by atoms with Gasteiger partial charge in [-0.1, -0.05) is 0 Å². The van der Waals surface area contributed by atoms with Gasteiger partial charge in [0.15, 0.2) is 0 Å². The highest BCUT2D eigenvalue weighted by Crippen LogP contribution is 2.36. The maximum atomic E-state index is 13.9. The summed E-state index contributed by atoms with van der Waals surface area (Å²) >= 11 is 0. The van der Waals surface area contributed by atoms with Crippen LogP contribution in [0.2, 0.25) is 0 Å². The lowest BCUT2D eigenvalue weighted by Gasteiger charge is -2.38. The second kappa shape index (κ2) is 6.03. The number of piperidine rings is 1. The number of rotatable bonds is 3. The summed E-state index contributed by atoms with van der Waals surface area (Å²) in [6, 6.07) is 0. The van der Waals surface area contributed by atoms with Crippen molar-refractivity contribution in [3.8, 4) is 0 Å². The Hall–Kier alpha value is -0.910. The molecule has 1 fully saturated rings. The molecule has 1 atom stereocenters. The topological polar surface area (TPSA) is 49.8 Å². The van der Waals surface area contributed by atoms with Crippen molar-refractivity contribution in [3.05, 3.63) is 0 Å². The third kappa shape index (κ3) is 4.93. The van der Waals surface area contributed by atoms with E-state index in [-0.39, 0.29) is 26.0 Å². The molecule has 1 unspecified atom stereocenters. The van der Waals surface area contributed by atoms with Crippen LogP contribution in [0.4, 0.5) is 13.6 Å². The van der Waals surface area contributed by atoms with Crippen LogP contribution in [0, 0.1) is 5.92 Å². The molecular formula is C13H23F2NO3. The van der Waals surface area contributed by atoms with Crippen LogP contribution >= 0.6 is 0 Å². The number of nitrogens with zero attached hydrogens (tertiary/aromatic N) is 1. The first-order chi connectivity index (χ1) is 8.65. The molecule has 0 aliphatic carbocycles. The van der Waals surface area contributed by atoms with Crippen LogP contribution in [0.3, 0.4) is 0 Å². The molecule has 1 heterocycles. The number of halogens is 2. The number of amides is 1. The summed E-state index contributed by atoms with van der Waals surface area (Å²) in [5.74, 6) is -3.68. The number of ether oxygens (including phenoxy) is 1. The molecule has 19 heavy (non-hydrogen) atoms. The Balaban J connectivity index is 2.57. The number of aliphatic hydroxyl groups excluding tert-OH is 1. The predicted octanol–water partition coefficient (Wildman–Crippen LogP) is 2.65. The van der Waals surface area contributed by atoms with Crippen LogP contribution in [-0.2, 0) is 4.74 Å². The maximum absolute atomic E-state index is 13.9. The van der Waals surface area contributed by atoms with E-state index < -0.39 is 30.1 Å². The fourth-order valence-corrected chi connectivity index (χ4v) is 2.16. The molecule has 0 bridgehead atoms. The summed E-state index contributed by atoms with van der Waals surface area (Å²) < 4.78 is 32.9. The molecule has 0 aromatic carbocycles. The van der Waals surface area contributed by atoms with Crippen molar-refractivity contribution in [1.29, 1.82) is 0 Å². The fraction of sp³-hybridized carbons (Fsp3) is 0.923. The molecule has 0 spiro atoms. The van der Waals surface area contributed by atoms with Gasteiger partial charge in [0, 0.05) is 19.1 Å². The first kappa shape index (κ1) is 16.1. The molecule has 0 saturated carbocycles. The van der Waals surface area contributed by atoms with E-state index in [1.165, 1.54) is 0 Å². The molecule has 1 rings (SSSR count). The standard InChI is InChI=1S/C13H23F2NO3/c1-12(2,3)19-11(18)16-7-6-10(5-4-8-17)13(14,15)9-16/h10,17H,4-9H2,1-3H3. The first-order valence-electron chi connectivity index (χ1n) is 6.62. The van der Waals surface area contributed by atoms with Gasteiger partial charge in [-0.3, -0.25) is 0 Å². The number of likely N-dealkylation sites (tertiary alicyclic amines) is 1. The molecule has 0 aromatic rings. The van der Waals surface area contributed by atoms with Gasteiger partial charge >= 0.3 is 6.09 Å². The lowest BCUT2D eigenvalue weighted by molar-refractivity contribution is -0.113. The third-order valence-corrected chi connectivity index (χ3v) is 3.11. The minimum Gasteiger partial charge on any atom is -0.444 e. The summed E-state index contributed by atoms with van der Waals surface area (Å²) in [6.07, 6.45) is 0.206. The van der Waals surface area contributed by atoms with Gasteiger partial charge in [0.25, 0.3) is 5.92 Å². The number of carbonyl (C=O) groups is 1. The van der Waals surface area contributed by atoms with Crippen LogP contribution in [0.25, 0.3) is 0 Å². The van der Waals surface area contributed by atoms with E-state index in [9.17, 15) is 13.6 Å². The van der Waals surface area contributed by atoms with Crippen molar-refractivity contribution in [1.82, 2.24) is 4.90 Å². The van der Waals surface area contributed by atoms with Gasteiger partial charge in [-0.25, -0.2) is 13.6 Å². The summed E-state index contributed by atoms with van der Waals surface area (Å²) in [5, 5.41) is 8.71. The summed E-state index contributed by atoms with van der Waals surface area (Å²) in [5.41, 5.74) is -0.680. The molecule has 4 nitrogen and oxygen atoms in total. The summed E-state index contributed by atoms with van der Waals surface area (Å²) in [7, 11) is 0. The zero-order chi connectivity index (χ0) is 14.7. The molecule has 1 aliphatic heterocycles. The zero-order valence-electron chi connectivity index (χ0n) is 11.8. The van der Waals surface area contributed by atoms with Gasteiger partial charge in [0.1, 0.15) is 5.60 Å². The van der Waals surface area contributed by atoms with Gasteiger partial charge in [0.05, 0.1) is 6.54 Å². The number of hydrogen-bond acceptors (Lipinski definition) is 3.